The zero-order valence-electron chi connectivity index (χ0n) is 13.8. The number of amides is 1. The third-order valence-electron chi connectivity index (χ3n) is 2.64. The van der Waals surface area contributed by atoms with Gasteiger partial charge in [-0.15, -0.1) is 0 Å². The van der Waals surface area contributed by atoms with Gasteiger partial charge in [0.05, 0.1) is 12.1 Å². The number of hydrogen-bond donors (Lipinski definition) is 1. The van der Waals surface area contributed by atoms with Gasteiger partial charge in [0.2, 0.25) is 0 Å². The van der Waals surface area contributed by atoms with E-state index in [1.807, 2.05) is 0 Å². The van der Waals surface area contributed by atoms with Gasteiger partial charge in [-0.25, -0.2) is 13.6 Å². The highest BCUT2D eigenvalue weighted by molar-refractivity contribution is 5.96. The number of hydrogen-bond acceptors (Lipinski definition) is 4. The molecule has 0 unspecified atom stereocenters. The number of halogens is 2. The first-order chi connectivity index (χ1) is 10.5. The Morgan fingerprint density at radius 2 is 1.87 bits per heavy atom. The summed E-state index contributed by atoms with van der Waals surface area (Å²) in [6.45, 7) is 7.95. The zero-order valence-corrected chi connectivity index (χ0v) is 13.8. The highest BCUT2D eigenvalue weighted by atomic mass is 19.1. The van der Waals surface area contributed by atoms with E-state index in [-0.39, 0.29) is 17.9 Å². The number of alkyl carbamates (subject to hydrolysis) is 1. The van der Waals surface area contributed by atoms with E-state index in [0.29, 0.717) is 6.07 Å². The fourth-order valence-corrected chi connectivity index (χ4v) is 1.73. The highest BCUT2D eigenvalue weighted by Gasteiger charge is 2.20. The first kappa shape index (κ1) is 18.9. The van der Waals surface area contributed by atoms with Gasteiger partial charge in [0.1, 0.15) is 17.5 Å². The van der Waals surface area contributed by atoms with Crippen molar-refractivity contribution in [1.29, 1.82) is 0 Å². The molecule has 1 rings (SSSR count). The molecule has 0 aliphatic heterocycles. The number of nitrogens with one attached hydrogen (secondary N) is 1. The van der Waals surface area contributed by atoms with E-state index in [2.05, 4.69) is 5.32 Å². The second-order valence-electron chi connectivity index (χ2n) is 6.13. The Labute approximate surface area is 134 Å². The number of ether oxygens (including phenoxy) is 2. The lowest BCUT2D eigenvalue weighted by Gasteiger charge is -2.21. The topological polar surface area (TPSA) is 64.6 Å². The molecule has 0 radical (unpaired) electrons. The minimum atomic E-state index is -0.973. The summed E-state index contributed by atoms with van der Waals surface area (Å²) in [4.78, 5) is 23.0. The van der Waals surface area contributed by atoms with Crippen molar-refractivity contribution in [2.24, 2.45) is 0 Å². The summed E-state index contributed by atoms with van der Waals surface area (Å²) in [5, 5.41) is 2.47. The minimum Gasteiger partial charge on any atom is -0.485 e. The van der Waals surface area contributed by atoms with Crippen molar-refractivity contribution in [3.05, 3.63) is 29.3 Å². The van der Waals surface area contributed by atoms with E-state index in [0.717, 1.165) is 6.07 Å². The third-order valence-corrected chi connectivity index (χ3v) is 2.64. The molecule has 0 spiro atoms. The van der Waals surface area contributed by atoms with Gasteiger partial charge in [-0.3, -0.25) is 4.79 Å². The molecule has 1 amide bonds. The van der Waals surface area contributed by atoms with E-state index < -0.39 is 35.2 Å². The molecule has 1 aromatic carbocycles. The van der Waals surface area contributed by atoms with Gasteiger partial charge < -0.3 is 14.8 Å². The SMILES string of the molecule is CC(=O)c1cc(F)cc(F)c1O[C@@H](C)CNC(=O)OC(C)(C)C. The standard InChI is InChI=1S/C16H21F2NO4/c1-9(8-19-15(21)23-16(3,4)5)22-14-12(10(2)20)6-11(17)7-13(14)18/h6-7,9H,8H2,1-5H3,(H,19,21)/t9-/m0/s1. The maximum absolute atomic E-state index is 13.8. The van der Waals surface area contributed by atoms with Crippen molar-refractivity contribution in [3.8, 4) is 5.75 Å². The molecule has 0 aromatic heterocycles. The van der Waals surface area contributed by atoms with Crippen LogP contribution in [0.15, 0.2) is 12.1 Å². The van der Waals surface area contributed by atoms with Crippen LogP contribution in [-0.2, 0) is 4.74 Å². The second-order valence-corrected chi connectivity index (χ2v) is 6.13. The molecule has 1 aromatic rings. The average Bonchev–Trinajstić information content (AvgIpc) is 2.37. The van der Waals surface area contributed by atoms with Crippen LogP contribution in [0.4, 0.5) is 13.6 Å². The minimum absolute atomic E-state index is 0.0308. The highest BCUT2D eigenvalue weighted by Crippen LogP contribution is 2.26. The molecule has 0 saturated heterocycles. The lowest BCUT2D eigenvalue weighted by atomic mass is 10.1. The van der Waals surface area contributed by atoms with E-state index in [4.69, 9.17) is 9.47 Å². The van der Waals surface area contributed by atoms with Crippen molar-refractivity contribution in [3.63, 3.8) is 0 Å². The number of rotatable bonds is 5. The normalized spacial score (nSPS) is 12.5. The molecule has 5 nitrogen and oxygen atoms in total. The summed E-state index contributed by atoms with van der Waals surface area (Å²) in [6, 6.07) is 1.55. The average molecular weight is 329 g/mol. The molecule has 1 atom stereocenters. The monoisotopic (exact) mass is 329 g/mol. The molecule has 7 heteroatoms. The van der Waals surface area contributed by atoms with Crippen LogP contribution in [0.5, 0.6) is 5.75 Å². The van der Waals surface area contributed by atoms with Gasteiger partial charge >= 0.3 is 6.09 Å². The molecule has 23 heavy (non-hydrogen) atoms. The van der Waals surface area contributed by atoms with Crippen LogP contribution >= 0.6 is 0 Å². The predicted molar refractivity (Wildman–Crippen MR) is 80.7 cm³/mol. The van der Waals surface area contributed by atoms with Gasteiger partial charge in [0.25, 0.3) is 0 Å². The number of carbonyl (C=O) groups is 2. The van der Waals surface area contributed by atoms with E-state index in [1.165, 1.54) is 6.92 Å². The molecule has 1 N–H and O–H groups in total. The molecular weight excluding hydrogens is 308 g/mol. The molecule has 0 aliphatic carbocycles. The first-order valence-electron chi connectivity index (χ1n) is 7.13. The summed E-state index contributed by atoms with van der Waals surface area (Å²) in [5.74, 6) is -2.69. The van der Waals surface area contributed by atoms with Crippen molar-refractivity contribution in [1.82, 2.24) is 5.32 Å². The Morgan fingerprint density at radius 1 is 1.26 bits per heavy atom. The van der Waals surface area contributed by atoms with Crippen LogP contribution in [0.1, 0.15) is 45.0 Å². The Morgan fingerprint density at radius 3 is 2.39 bits per heavy atom. The lowest BCUT2D eigenvalue weighted by molar-refractivity contribution is 0.0503. The largest absolute Gasteiger partial charge is 0.485 e. The summed E-state index contributed by atoms with van der Waals surface area (Å²) in [7, 11) is 0. The Hall–Kier alpha value is -2.18. The van der Waals surface area contributed by atoms with E-state index in [9.17, 15) is 18.4 Å². The quantitative estimate of drug-likeness (QED) is 0.840. The van der Waals surface area contributed by atoms with E-state index >= 15 is 0 Å². The van der Waals surface area contributed by atoms with Crippen molar-refractivity contribution >= 4 is 11.9 Å². The van der Waals surface area contributed by atoms with Gasteiger partial charge in [0, 0.05) is 6.07 Å². The summed E-state index contributed by atoms with van der Waals surface area (Å²) in [6.07, 6.45) is -1.29. The van der Waals surface area contributed by atoms with Crippen molar-refractivity contribution in [2.75, 3.05) is 6.54 Å². The van der Waals surface area contributed by atoms with Crippen molar-refractivity contribution in [2.45, 2.75) is 46.3 Å². The van der Waals surface area contributed by atoms with Gasteiger partial charge in [0.15, 0.2) is 17.3 Å². The Bertz CT molecular complexity index is 596. The second kappa shape index (κ2) is 7.39. The zero-order chi connectivity index (χ0) is 17.8. The fraction of sp³-hybridized carbons (Fsp3) is 0.500. The maximum atomic E-state index is 13.8. The molecule has 0 saturated carbocycles. The lowest BCUT2D eigenvalue weighted by Crippen LogP contribution is -2.37. The number of carbonyl (C=O) groups excluding carboxylic acids is 2. The molecular formula is C16H21F2NO4. The first-order valence-corrected chi connectivity index (χ1v) is 7.13. The predicted octanol–water partition coefficient (Wildman–Crippen LogP) is 3.46. The maximum Gasteiger partial charge on any atom is 0.407 e. The molecule has 0 heterocycles. The number of Topliss-reactive ketones (excluding diaryl/α,β-unsaturated/α-hetero) is 1. The van der Waals surface area contributed by atoms with Crippen LogP contribution in [0.25, 0.3) is 0 Å². The molecule has 0 aliphatic rings. The van der Waals surface area contributed by atoms with Crippen LogP contribution in [-0.4, -0.2) is 30.1 Å². The number of ketones is 1. The molecule has 0 bridgehead atoms. The smallest absolute Gasteiger partial charge is 0.407 e. The third kappa shape index (κ3) is 6.22. The van der Waals surface area contributed by atoms with Crippen LogP contribution in [0, 0.1) is 11.6 Å². The van der Waals surface area contributed by atoms with E-state index in [1.54, 1.807) is 27.7 Å². The summed E-state index contributed by atoms with van der Waals surface area (Å²) >= 11 is 0. The number of benzene rings is 1. The van der Waals surface area contributed by atoms with Crippen molar-refractivity contribution < 1.29 is 27.8 Å². The van der Waals surface area contributed by atoms with Gasteiger partial charge in [-0.05, 0) is 40.7 Å². The molecule has 128 valence electrons. The van der Waals surface area contributed by atoms with Gasteiger partial charge in [-0.2, -0.15) is 0 Å². The fourth-order valence-electron chi connectivity index (χ4n) is 1.73. The van der Waals surface area contributed by atoms with Crippen LogP contribution in [0.3, 0.4) is 0 Å². The molecule has 0 fully saturated rings. The van der Waals surface area contributed by atoms with Crippen LogP contribution < -0.4 is 10.1 Å². The van der Waals surface area contributed by atoms with Gasteiger partial charge in [-0.1, -0.05) is 0 Å². The van der Waals surface area contributed by atoms with Crippen LogP contribution in [0.2, 0.25) is 0 Å². The summed E-state index contributed by atoms with van der Waals surface area (Å²) < 4.78 is 37.4. The Kier molecular flexibility index (Phi) is 6.06. The summed E-state index contributed by atoms with van der Waals surface area (Å²) in [5.41, 5.74) is -0.828. The Balaban J connectivity index is 2.73.